The van der Waals surface area contributed by atoms with Crippen LogP contribution in [-0.4, -0.2) is 39.3 Å². The van der Waals surface area contributed by atoms with E-state index in [0.717, 1.165) is 42.3 Å². The number of anilines is 1. The van der Waals surface area contributed by atoms with Crippen molar-refractivity contribution in [1.29, 1.82) is 5.26 Å². The molecule has 2 aromatic heterocycles. The van der Waals surface area contributed by atoms with E-state index in [-0.39, 0.29) is 0 Å². The minimum Gasteiger partial charge on any atom is -0.368 e. The highest BCUT2D eigenvalue weighted by atomic mass is 15.2. The lowest BCUT2D eigenvalue weighted by atomic mass is 10.1. The smallest absolute Gasteiger partial charge is 0.161 e. The zero-order chi connectivity index (χ0) is 22.5. The minimum atomic E-state index is 0.471. The number of hydrogen-bond acceptors (Lipinski definition) is 4. The molecule has 0 saturated carbocycles. The van der Waals surface area contributed by atoms with Crippen molar-refractivity contribution < 1.29 is 0 Å². The van der Waals surface area contributed by atoms with E-state index in [2.05, 4.69) is 69.7 Å². The van der Waals surface area contributed by atoms with Crippen LogP contribution in [0.1, 0.15) is 25.0 Å². The van der Waals surface area contributed by atoms with E-state index < -0.39 is 0 Å². The van der Waals surface area contributed by atoms with Gasteiger partial charge in [0, 0.05) is 61.6 Å². The highest BCUT2D eigenvalue weighted by Gasteiger charge is 2.24. The molecule has 164 valence electrons. The maximum absolute atomic E-state index is 9.11. The summed E-state index contributed by atoms with van der Waals surface area (Å²) in [5, 5.41) is 12.7. The Balaban J connectivity index is 1.42. The predicted molar refractivity (Wildman–Crippen MR) is 131 cm³/mol. The number of piperazine rings is 1. The number of benzene rings is 2. The molecule has 2 atom stereocenters. The van der Waals surface area contributed by atoms with E-state index in [9.17, 15) is 0 Å². The quantitative estimate of drug-likeness (QED) is 0.447. The van der Waals surface area contributed by atoms with Crippen LogP contribution < -0.4 is 10.2 Å². The van der Waals surface area contributed by atoms with Crippen LogP contribution in [0.2, 0.25) is 0 Å². The Bertz CT molecular complexity index is 1360. The molecule has 4 heterocycles. The SMILES string of the molecule is CC1CN(c2ccc3c(c2)Cn2cc(-c4ccc(C#N)cc4)cc2-c2nccn2-3)C[C@@H](C)N1. The Morgan fingerprint density at radius 1 is 1.00 bits per heavy atom. The monoisotopic (exact) mass is 434 g/mol. The van der Waals surface area contributed by atoms with Gasteiger partial charge in [0.15, 0.2) is 5.82 Å². The van der Waals surface area contributed by atoms with Gasteiger partial charge in [-0.1, -0.05) is 12.1 Å². The highest BCUT2D eigenvalue weighted by molar-refractivity contribution is 5.72. The summed E-state index contributed by atoms with van der Waals surface area (Å²) >= 11 is 0. The standard InChI is InChI=1S/C27H26N6/c1-18-14-31(15-19(2)30-18)24-7-8-25-23(11-24)17-32-16-22(21-5-3-20(13-28)4-6-21)12-26(32)27-29-9-10-33(25)27/h3-12,16,18-19,30H,14-15,17H2,1-2H3/t18-,19?/m1/s1. The Kier molecular flexibility index (Phi) is 4.60. The van der Waals surface area contributed by atoms with Gasteiger partial charge in [0.05, 0.1) is 23.0 Å². The molecule has 6 nitrogen and oxygen atoms in total. The number of nitrogens with zero attached hydrogens (tertiary/aromatic N) is 5. The maximum Gasteiger partial charge on any atom is 0.161 e. The normalized spacial score (nSPS) is 19.2. The van der Waals surface area contributed by atoms with Crippen molar-refractivity contribution in [3.8, 4) is 34.4 Å². The number of imidazole rings is 1. The molecular formula is C27H26N6. The van der Waals surface area contributed by atoms with Gasteiger partial charge in [-0.2, -0.15) is 5.26 Å². The van der Waals surface area contributed by atoms with Gasteiger partial charge in [-0.25, -0.2) is 4.98 Å². The summed E-state index contributed by atoms with van der Waals surface area (Å²) in [6.07, 6.45) is 6.12. The number of fused-ring (bicyclic) bond motifs is 5. The number of aromatic nitrogens is 3. The van der Waals surface area contributed by atoms with Crippen LogP contribution in [0.15, 0.2) is 67.1 Å². The van der Waals surface area contributed by atoms with Crippen LogP contribution in [0.25, 0.3) is 28.3 Å². The molecule has 1 saturated heterocycles. The van der Waals surface area contributed by atoms with Crippen LogP contribution in [0.4, 0.5) is 5.69 Å². The van der Waals surface area contributed by atoms with E-state index in [0.29, 0.717) is 17.6 Å². The molecule has 1 fully saturated rings. The fourth-order valence-electron chi connectivity index (χ4n) is 5.26. The summed E-state index contributed by atoms with van der Waals surface area (Å²) in [6, 6.07) is 19.9. The average Bonchev–Trinajstić information content (AvgIpc) is 3.43. The van der Waals surface area contributed by atoms with Crippen molar-refractivity contribution in [2.24, 2.45) is 0 Å². The van der Waals surface area contributed by atoms with Gasteiger partial charge in [-0.05, 0) is 61.4 Å². The second-order valence-electron chi connectivity index (χ2n) is 9.24. The molecule has 1 N–H and O–H groups in total. The Morgan fingerprint density at radius 3 is 2.55 bits per heavy atom. The first-order valence-electron chi connectivity index (χ1n) is 11.5. The average molecular weight is 435 g/mol. The molecule has 2 aromatic carbocycles. The lowest BCUT2D eigenvalue weighted by molar-refractivity contribution is 0.407. The minimum absolute atomic E-state index is 0.471. The van der Waals surface area contributed by atoms with Crippen LogP contribution >= 0.6 is 0 Å². The van der Waals surface area contributed by atoms with Crippen LogP contribution in [0.3, 0.4) is 0 Å². The van der Waals surface area contributed by atoms with Crippen LogP contribution in [0.5, 0.6) is 0 Å². The van der Waals surface area contributed by atoms with Gasteiger partial charge < -0.3 is 14.8 Å². The Morgan fingerprint density at radius 2 is 1.79 bits per heavy atom. The van der Waals surface area contributed by atoms with Gasteiger partial charge in [0.1, 0.15) is 0 Å². The van der Waals surface area contributed by atoms with Crippen LogP contribution in [-0.2, 0) is 6.54 Å². The molecule has 0 radical (unpaired) electrons. The predicted octanol–water partition coefficient (Wildman–Crippen LogP) is 4.43. The zero-order valence-electron chi connectivity index (χ0n) is 18.9. The molecule has 1 unspecified atom stereocenters. The third-order valence-corrected chi connectivity index (χ3v) is 6.70. The molecule has 0 aliphatic carbocycles. The molecule has 4 aromatic rings. The fraction of sp³-hybridized carbons (Fsp3) is 0.259. The van der Waals surface area contributed by atoms with E-state index in [1.54, 1.807) is 0 Å². The van der Waals surface area contributed by atoms with Gasteiger partial charge >= 0.3 is 0 Å². The third-order valence-electron chi connectivity index (χ3n) is 6.70. The first kappa shape index (κ1) is 19.8. The molecule has 6 rings (SSSR count). The van der Waals surface area contributed by atoms with E-state index >= 15 is 0 Å². The van der Waals surface area contributed by atoms with Gasteiger partial charge in [0.25, 0.3) is 0 Å². The first-order valence-corrected chi connectivity index (χ1v) is 11.5. The zero-order valence-corrected chi connectivity index (χ0v) is 18.9. The second kappa shape index (κ2) is 7.65. The molecule has 2 aliphatic rings. The summed E-state index contributed by atoms with van der Waals surface area (Å²) in [5.74, 6) is 0.950. The second-order valence-corrected chi connectivity index (χ2v) is 9.24. The van der Waals surface area contributed by atoms with E-state index in [1.165, 1.54) is 16.9 Å². The molecular weight excluding hydrogens is 408 g/mol. The first-order chi connectivity index (χ1) is 16.1. The van der Waals surface area contributed by atoms with Crippen molar-refractivity contribution in [1.82, 2.24) is 19.4 Å². The number of rotatable bonds is 2. The molecule has 2 aliphatic heterocycles. The topological polar surface area (TPSA) is 61.8 Å². The van der Waals surface area contributed by atoms with Crippen molar-refractivity contribution in [2.75, 3.05) is 18.0 Å². The van der Waals surface area contributed by atoms with E-state index in [4.69, 9.17) is 10.2 Å². The van der Waals surface area contributed by atoms with Gasteiger partial charge in [-0.15, -0.1) is 0 Å². The summed E-state index contributed by atoms with van der Waals surface area (Å²) < 4.78 is 4.49. The summed E-state index contributed by atoms with van der Waals surface area (Å²) in [7, 11) is 0. The summed E-state index contributed by atoms with van der Waals surface area (Å²) in [6.45, 7) is 7.31. The number of hydrogen-bond donors (Lipinski definition) is 1. The van der Waals surface area contributed by atoms with E-state index in [1.807, 2.05) is 36.7 Å². The van der Waals surface area contributed by atoms with Crippen molar-refractivity contribution in [3.05, 3.63) is 78.2 Å². The Labute approximate surface area is 193 Å². The van der Waals surface area contributed by atoms with Gasteiger partial charge in [-0.3, -0.25) is 4.57 Å². The molecule has 0 amide bonds. The highest BCUT2D eigenvalue weighted by Crippen LogP contribution is 2.35. The number of nitrogens with one attached hydrogen (secondary N) is 1. The molecule has 0 bridgehead atoms. The fourth-order valence-corrected chi connectivity index (χ4v) is 5.26. The largest absolute Gasteiger partial charge is 0.368 e. The van der Waals surface area contributed by atoms with Crippen molar-refractivity contribution in [3.63, 3.8) is 0 Å². The van der Waals surface area contributed by atoms with Crippen molar-refractivity contribution in [2.45, 2.75) is 32.5 Å². The summed E-state index contributed by atoms with van der Waals surface area (Å²) in [5.41, 5.74) is 7.75. The molecule has 6 heteroatoms. The molecule has 33 heavy (non-hydrogen) atoms. The number of nitriles is 1. The Hall–Kier alpha value is -3.82. The maximum atomic E-state index is 9.11. The summed E-state index contributed by atoms with van der Waals surface area (Å²) in [4.78, 5) is 7.19. The van der Waals surface area contributed by atoms with Gasteiger partial charge in [0.2, 0.25) is 0 Å². The lowest BCUT2D eigenvalue weighted by Gasteiger charge is -2.38. The van der Waals surface area contributed by atoms with Crippen LogP contribution in [0, 0.1) is 11.3 Å². The van der Waals surface area contributed by atoms with Crippen molar-refractivity contribution >= 4 is 5.69 Å². The lowest BCUT2D eigenvalue weighted by Crippen LogP contribution is -2.54. The third kappa shape index (κ3) is 3.42. The molecule has 0 spiro atoms.